The summed E-state index contributed by atoms with van der Waals surface area (Å²) < 4.78 is 27.8. The molecule has 31 heavy (non-hydrogen) atoms. The van der Waals surface area contributed by atoms with Gasteiger partial charge in [-0.1, -0.05) is 42.5 Å². The van der Waals surface area contributed by atoms with Gasteiger partial charge >= 0.3 is 5.97 Å². The highest BCUT2D eigenvalue weighted by Crippen LogP contribution is 2.25. The average molecular weight is 438 g/mol. The summed E-state index contributed by atoms with van der Waals surface area (Å²) in [4.78, 5) is 24.4. The van der Waals surface area contributed by atoms with E-state index in [4.69, 9.17) is 9.88 Å². The van der Waals surface area contributed by atoms with Crippen molar-refractivity contribution in [2.24, 2.45) is 5.14 Å². The number of hydrogen-bond acceptors (Lipinski definition) is 5. The maximum atomic E-state index is 12.7. The summed E-state index contributed by atoms with van der Waals surface area (Å²) in [6, 6.07) is 17.3. The van der Waals surface area contributed by atoms with Crippen molar-refractivity contribution < 1.29 is 22.7 Å². The van der Waals surface area contributed by atoms with Gasteiger partial charge in [0.15, 0.2) is 5.78 Å². The van der Waals surface area contributed by atoms with Crippen LogP contribution in [-0.2, 0) is 21.2 Å². The number of ketones is 1. The minimum absolute atomic E-state index is 0.0571. The van der Waals surface area contributed by atoms with Crippen LogP contribution in [0.3, 0.4) is 0 Å². The molecule has 0 radical (unpaired) electrons. The zero-order chi connectivity index (χ0) is 22.8. The fraction of sp³-hybridized carbons (Fsp3) is 0.167. The van der Waals surface area contributed by atoms with Crippen LogP contribution in [0.5, 0.6) is 0 Å². The Labute approximate surface area is 181 Å². The molecule has 6 nitrogen and oxygen atoms in total. The van der Waals surface area contributed by atoms with E-state index in [1.807, 2.05) is 25.1 Å². The van der Waals surface area contributed by atoms with Gasteiger partial charge in [-0.3, -0.25) is 4.79 Å². The average Bonchev–Trinajstić information content (AvgIpc) is 2.72. The van der Waals surface area contributed by atoms with E-state index in [0.29, 0.717) is 22.3 Å². The lowest BCUT2D eigenvalue weighted by molar-refractivity contribution is 0.0600. The minimum atomic E-state index is -3.79. The van der Waals surface area contributed by atoms with Crippen LogP contribution in [0.2, 0.25) is 0 Å². The van der Waals surface area contributed by atoms with Gasteiger partial charge in [0.05, 0.1) is 17.6 Å². The van der Waals surface area contributed by atoms with Crippen molar-refractivity contribution in [2.75, 3.05) is 7.11 Å². The molecule has 0 spiro atoms. The van der Waals surface area contributed by atoms with E-state index >= 15 is 0 Å². The Morgan fingerprint density at radius 1 is 0.871 bits per heavy atom. The SMILES string of the molecule is COC(=O)c1ccc(-c2ccc(C(=O)Cc3ccc(S(N)(=O)=O)c(C)c3)cc2)c(C)c1. The molecule has 160 valence electrons. The first-order chi connectivity index (χ1) is 14.6. The largest absolute Gasteiger partial charge is 0.465 e. The molecule has 7 heteroatoms. The third-order valence-electron chi connectivity index (χ3n) is 5.08. The summed E-state index contributed by atoms with van der Waals surface area (Å²) in [6.07, 6.45) is 0.151. The molecule has 0 saturated heterocycles. The highest BCUT2D eigenvalue weighted by atomic mass is 32.2. The summed E-state index contributed by atoms with van der Waals surface area (Å²) in [5.74, 6) is -0.463. The first kappa shape index (κ1) is 22.4. The van der Waals surface area contributed by atoms with Crippen LogP contribution >= 0.6 is 0 Å². The lowest BCUT2D eigenvalue weighted by Crippen LogP contribution is -2.14. The number of nitrogens with two attached hydrogens (primary N) is 1. The highest BCUT2D eigenvalue weighted by Gasteiger charge is 2.14. The van der Waals surface area contributed by atoms with Crippen LogP contribution in [0, 0.1) is 13.8 Å². The number of aryl methyl sites for hydroxylation is 2. The monoisotopic (exact) mass is 437 g/mol. The second-order valence-corrected chi connectivity index (χ2v) is 8.87. The van der Waals surface area contributed by atoms with Gasteiger partial charge in [-0.05, 0) is 59.9 Å². The molecule has 3 rings (SSSR count). The molecule has 0 heterocycles. The molecule has 0 bridgehead atoms. The number of hydrogen-bond donors (Lipinski definition) is 1. The van der Waals surface area contributed by atoms with E-state index in [0.717, 1.165) is 16.7 Å². The van der Waals surface area contributed by atoms with Crippen LogP contribution in [0.1, 0.15) is 37.4 Å². The Hall–Kier alpha value is -3.29. The zero-order valence-corrected chi connectivity index (χ0v) is 18.3. The van der Waals surface area contributed by atoms with E-state index in [2.05, 4.69) is 0 Å². The molecular weight excluding hydrogens is 414 g/mol. The lowest BCUT2D eigenvalue weighted by Gasteiger charge is -2.10. The number of sulfonamides is 1. The second-order valence-electron chi connectivity index (χ2n) is 7.34. The predicted molar refractivity (Wildman–Crippen MR) is 119 cm³/mol. The fourth-order valence-corrected chi connectivity index (χ4v) is 4.26. The van der Waals surface area contributed by atoms with E-state index < -0.39 is 10.0 Å². The number of Topliss-reactive ketones (excluding diaryl/α,β-unsaturated/α-hetero) is 1. The Bertz CT molecular complexity index is 1260. The number of carbonyl (C=O) groups excluding carboxylic acids is 2. The summed E-state index contributed by atoms with van der Waals surface area (Å²) in [6.45, 7) is 3.56. The van der Waals surface area contributed by atoms with Crippen LogP contribution < -0.4 is 5.14 Å². The summed E-state index contributed by atoms with van der Waals surface area (Å²) in [5, 5.41) is 5.19. The predicted octanol–water partition coefficient (Wildman–Crippen LogP) is 3.83. The third kappa shape index (κ3) is 5.07. The van der Waals surface area contributed by atoms with Crippen molar-refractivity contribution in [3.8, 4) is 11.1 Å². The molecule has 0 atom stereocenters. The molecule has 0 saturated carbocycles. The van der Waals surface area contributed by atoms with Crippen LogP contribution in [-0.4, -0.2) is 27.3 Å². The van der Waals surface area contributed by atoms with E-state index in [-0.39, 0.29) is 23.1 Å². The van der Waals surface area contributed by atoms with Gasteiger partial charge in [0.2, 0.25) is 10.0 Å². The molecule has 0 aromatic heterocycles. The van der Waals surface area contributed by atoms with Gasteiger partial charge in [0.25, 0.3) is 0 Å². The molecular formula is C24H23NO5S. The fourth-order valence-electron chi connectivity index (χ4n) is 3.50. The van der Waals surface area contributed by atoms with Crippen LogP contribution in [0.25, 0.3) is 11.1 Å². The first-order valence-corrected chi connectivity index (χ1v) is 11.1. The third-order valence-corrected chi connectivity index (χ3v) is 6.15. The maximum absolute atomic E-state index is 12.7. The van der Waals surface area contributed by atoms with Crippen molar-refractivity contribution in [1.29, 1.82) is 0 Å². The Morgan fingerprint density at radius 3 is 2.06 bits per heavy atom. The van der Waals surface area contributed by atoms with Gasteiger partial charge < -0.3 is 4.74 Å². The molecule has 3 aromatic carbocycles. The molecule has 0 aliphatic rings. The van der Waals surface area contributed by atoms with Crippen molar-refractivity contribution in [1.82, 2.24) is 0 Å². The quantitative estimate of drug-likeness (QED) is 0.466. The van der Waals surface area contributed by atoms with Gasteiger partial charge in [0, 0.05) is 12.0 Å². The van der Waals surface area contributed by atoms with Gasteiger partial charge in [0.1, 0.15) is 0 Å². The molecule has 0 amide bonds. The molecule has 3 aromatic rings. The minimum Gasteiger partial charge on any atom is -0.465 e. The van der Waals surface area contributed by atoms with Crippen molar-refractivity contribution in [3.63, 3.8) is 0 Å². The maximum Gasteiger partial charge on any atom is 0.337 e. The number of methoxy groups -OCH3 is 1. The molecule has 0 unspecified atom stereocenters. The van der Waals surface area contributed by atoms with Crippen molar-refractivity contribution in [2.45, 2.75) is 25.2 Å². The Morgan fingerprint density at radius 2 is 1.52 bits per heavy atom. The Kier molecular flexibility index (Phi) is 6.38. The van der Waals surface area contributed by atoms with Gasteiger partial charge in [-0.25, -0.2) is 18.4 Å². The molecule has 0 aliphatic carbocycles. The van der Waals surface area contributed by atoms with Gasteiger partial charge in [-0.15, -0.1) is 0 Å². The zero-order valence-electron chi connectivity index (χ0n) is 17.5. The van der Waals surface area contributed by atoms with Crippen molar-refractivity contribution in [3.05, 3.63) is 88.5 Å². The topological polar surface area (TPSA) is 104 Å². The lowest BCUT2D eigenvalue weighted by atomic mass is 9.96. The van der Waals surface area contributed by atoms with Crippen LogP contribution in [0.15, 0.2) is 65.6 Å². The highest BCUT2D eigenvalue weighted by molar-refractivity contribution is 7.89. The number of esters is 1. The number of primary sulfonamides is 1. The first-order valence-electron chi connectivity index (χ1n) is 9.55. The molecule has 0 aliphatic heterocycles. The summed E-state index contributed by atoms with van der Waals surface area (Å²) in [5.41, 5.74) is 5.08. The normalized spacial score (nSPS) is 11.2. The molecule has 2 N–H and O–H groups in total. The van der Waals surface area contributed by atoms with E-state index in [1.165, 1.54) is 13.2 Å². The number of benzene rings is 3. The van der Waals surface area contributed by atoms with E-state index in [1.54, 1.807) is 43.3 Å². The molecule has 0 fully saturated rings. The van der Waals surface area contributed by atoms with Gasteiger partial charge in [-0.2, -0.15) is 0 Å². The number of carbonyl (C=O) groups is 2. The second kappa shape index (κ2) is 8.83. The summed E-state index contributed by atoms with van der Waals surface area (Å²) >= 11 is 0. The Balaban J connectivity index is 1.78. The van der Waals surface area contributed by atoms with Crippen molar-refractivity contribution >= 4 is 21.8 Å². The van der Waals surface area contributed by atoms with Crippen LogP contribution in [0.4, 0.5) is 0 Å². The standard InChI is InChI=1S/C24H23NO5S/c1-15-13-20(24(27)30-3)9-10-21(15)18-5-7-19(8-6-18)22(26)14-17-4-11-23(16(2)12-17)31(25,28)29/h4-13H,14H2,1-3H3,(H2,25,28,29). The number of ether oxygens (including phenoxy) is 1. The van der Waals surface area contributed by atoms with E-state index in [9.17, 15) is 18.0 Å². The smallest absolute Gasteiger partial charge is 0.337 e. The summed E-state index contributed by atoms with van der Waals surface area (Å²) in [7, 11) is -2.44. The number of rotatable bonds is 6.